The number of carboxylic acid groups (broad SMARTS) is 1. The second-order valence-corrected chi connectivity index (χ2v) is 6.92. The molecule has 114 valence electrons. The van der Waals surface area contributed by atoms with Crippen LogP contribution in [0.15, 0.2) is 39.8 Å². The summed E-state index contributed by atoms with van der Waals surface area (Å²) in [4.78, 5) is 11.2. The van der Waals surface area contributed by atoms with Gasteiger partial charge in [0.2, 0.25) is 10.0 Å². The number of hydrogen-bond donors (Lipinski definition) is 2. The second kappa shape index (κ2) is 5.87. The van der Waals surface area contributed by atoms with Crippen LogP contribution < -0.4 is 4.72 Å². The summed E-state index contributed by atoms with van der Waals surface area (Å²) in [5.74, 6) is -1.15. The molecule has 0 aliphatic heterocycles. The predicted molar refractivity (Wildman–Crippen MR) is 77.4 cm³/mol. The molecule has 2 rings (SSSR count). The van der Waals surface area contributed by atoms with Crippen LogP contribution in [0.25, 0.3) is 11.0 Å². The third-order valence-corrected chi connectivity index (χ3v) is 4.53. The minimum Gasteiger partial charge on any atom is -0.480 e. The van der Waals surface area contributed by atoms with Crippen molar-refractivity contribution < 1.29 is 22.7 Å². The van der Waals surface area contributed by atoms with Gasteiger partial charge < -0.3 is 9.52 Å². The van der Waals surface area contributed by atoms with Crippen LogP contribution in [0, 0.1) is 5.92 Å². The number of carboxylic acids is 1. The van der Waals surface area contributed by atoms with Gasteiger partial charge in [0.1, 0.15) is 10.9 Å². The van der Waals surface area contributed by atoms with Crippen LogP contribution in [0.4, 0.5) is 0 Å². The zero-order valence-electron chi connectivity index (χ0n) is 11.7. The Balaban J connectivity index is 2.37. The summed E-state index contributed by atoms with van der Waals surface area (Å²) >= 11 is 0. The maximum atomic E-state index is 12.4. The van der Waals surface area contributed by atoms with E-state index in [4.69, 9.17) is 9.52 Å². The van der Waals surface area contributed by atoms with Crippen LogP contribution >= 0.6 is 0 Å². The highest BCUT2D eigenvalue weighted by Gasteiger charge is 2.28. The molecule has 0 spiro atoms. The quantitative estimate of drug-likeness (QED) is 0.852. The number of rotatable bonds is 6. The molecule has 2 aromatic rings. The monoisotopic (exact) mass is 311 g/mol. The maximum Gasteiger partial charge on any atom is 0.321 e. The highest BCUT2D eigenvalue weighted by atomic mass is 32.2. The summed E-state index contributed by atoms with van der Waals surface area (Å²) in [6.07, 6.45) is 1.61. The number of para-hydroxylation sites is 1. The molecule has 0 radical (unpaired) electrons. The topological polar surface area (TPSA) is 96.6 Å². The van der Waals surface area contributed by atoms with Gasteiger partial charge in [-0.15, -0.1) is 0 Å². The lowest BCUT2D eigenvalue weighted by atomic mass is 10.1. The van der Waals surface area contributed by atoms with Crippen molar-refractivity contribution in [1.29, 1.82) is 0 Å². The predicted octanol–water partition coefficient (Wildman–Crippen LogP) is 2.21. The van der Waals surface area contributed by atoms with E-state index in [0.717, 1.165) is 0 Å². The van der Waals surface area contributed by atoms with E-state index in [1.165, 1.54) is 12.3 Å². The van der Waals surface area contributed by atoms with Crippen molar-refractivity contribution in [2.24, 2.45) is 5.92 Å². The normalized spacial score (nSPS) is 13.7. The Morgan fingerprint density at radius 2 is 2.05 bits per heavy atom. The van der Waals surface area contributed by atoms with Gasteiger partial charge in [0, 0.05) is 5.39 Å². The molecule has 0 amide bonds. The Morgan fingerprint density at radius 3 is 2.67 bits per heavy atom. The van der Waals surface area contributed by atoms with Gasteiger partial charge in [-0.3, -0.25) is 4.79 Å². The smallest absolute Gasteiger partial charge is 0.321 e. The van der Waals surface area contributed by atoms with E-state index in [0.29, 0.717) is 5.39 Å². The third kappa shape index (κ3) is 3.43. The molecule has 1 atom stereocenters. The molecule has 0 aliphatic rings. The molecule has 0 bridgehead atoms. The van der Waals surface area contributed by atoms with Gasteiger partial charge in [0.15, 0.2) is 5.58 Å². The first-order valence-electron chi connectivity index (χ1n) is 6.52. The zero-order valence-corrected chi connectivity index (χ0v) is 12.6. The number of furan rings is 1. The maximum absolute atomic E-state index is 12.4. The fraction of sp³-hybridized carbons (Fsp3) is 0.357. The highest BCUT2D eigenvalue weighted by molar-refractivity contribution is 7.89. The Kier molecular flexibility index (Phi) is 4.34. The van der Waals surface area contributed by atoms with Gasteiger partial charge in [0.25, 0.3) is 0 Å². The van der Waals surface area contributed by atoms with Crippen LogP contribution in [0.5, 0.6) is 0 Å². The SMILES string of the molecule is CC(C)CC(NS(=O)(=O)c1cccc2ccoc12)C(=O)O. The summed E-state index contributed by atoms with van der Waals surface area (Å²) in [6.45, 7) is 3.66. The highest BCUT2D eigenvalue weighted by Crippen LogP contribution is 2.24. The van der Waals surface area contributed by atoms with Crippen LogP contribution in [0.3, 0.4) is 0 Å². The van der Waals surface area contributed by atoms with E-state index in [1.54, 1.807) is 18.2 Å². The molecule has 0 fully saturated rings. The lowest BCUT2D eigenvalue weighted by molar-refractivity contribution is -0.139. The summed E-state index contributed by atoms with van der Waals surface area (Å²) < 4.78 is 32.2. The Morgan fingerprint density at radius 1 is 1.33 bits per heavy atom. The van der Waals surface area contributed by atoms with E-state index in [9.17, 15) is 13.2 Å². The van der Waals surface area contributed by atoms with Crippen molar-refractivity contribution in [3.05, 3.63) is 30.5 Å². The number of hydrogen-bond acceptors (Lipinski definition) is 4. The van der Waals surface area contributed by atoms with E-state index in [2.05, 4.69) is 4.72 Å². The zero-order chi connectivity index (χ0) is 15.6. The largest absolute Gasteiger partial charge is 0.480 e. The Hall–Kier alpha value is -1.86. The number of benzene rings is 1. The van der Waals surface area contributed by atoms with E-state index in [-0.39, 0.29) is 22.8 Å². The fourth-order valence-electron chi connectivity index (χ4n) is 2.10. The van der Waals surface area contributed by atoms with Crippen LogP contribution in [0.2, 0.25) is 0 Å². The number of sulfonamides is 1. The number of carbonyl (C=O) groups is 1. The van der Waals surface area contributed by atoms with Crippen molar-refractivity contribution in [3.8, 4) is 0 Å². The number of aliphatic carboxylic acids is 1. The van der Waals surface area contributed by atoms with Gasteiger partial charge in [-0.1, -0.05) is 26.0 Å². The second-order valence-electron chi connectivity index (χ2n) is 5.24. The minimum absolute atomic E-state index is 0.0493. The molecule has 1 aromatic carbocycles. The van der Waals surface area contributed by atoms with Crippen LogP contribution in [-0.2, 0) is 14.8 Å². The van der Waals surface area contributed by atoms with Gasteiger partial charge in [-0.2, -0.15) is 4.72 Å². The van der Waals surface area contributed by atoms with Crippen molar-refractivity contribution in [2.75, 3.05) is 0 Å². The molecular weight excluding hydrogens is 294 g/mol. The average Bonchev–Trinajstić information content (AvgIpc) is 2.84. The van der Waals surface area contributed by atoms with Gasteiger partial charge >= 0.3 is 5.97 Å². The molecule has 1 aromatic heterocycles. The van der Waals surface area contributed by atoms with Crippen LogP contribution in [0.1, 0.15) is 20.3 Å². The summed E-state index contributed by atoms with van der Waals surface area (Å²) in [6, 6.07) is 5.19. The lowest BCUT2D eigenvalue weighted by Gasteiger charge is -2.16. The molecule has 7 heteroatoms. The Bertz CT molecular complexity index is 748. The van der Waals surface area contributed by atoms with Crippen molar-refractivity contribution in [1.82, 2.24) is 4.72 Å². The summed E-state index contributed by atoms with van der Waals surface area (Å²) in [5.41, 5.74) is 0.221. The first kappa shape index (κ1) is 15.5. The first-order valence-corrected chi connectivity index (χ1v) is 8.01. The molecule has 1 unspecified atom stereocenters. The van der Waals surface area contributed by atoms with Gasteiger partial charge in [-0.25, -0.2) is 8.42 Å². The average molecular weight is 311 g/mol. The van der Waals surface area contributed by atoms with Gasteiger partial charge in [0.05, 0.1) is 6.26 Å². The molecule has 6 nitrogen and oxygen atoms in total. The molecule has 0 saturated heterocycles. The fourth-order valence-corrected chi connectivity index (χ4v) is 3.46. The van der Waals surface area contributed by atoms with Crippen molar-refractivity contribution in [3.63, 3.8) is 0 Å². The molecule has 21 heavy (non-hydrogen) atoms. The number of fused-ring (bicyclic) bond motifs is 1. The van der Waals surface area contributed by atoms with Crippen LogP contribution in [-0.4, -0.2) is 25.5 Å². The van der Waals surface area contributed by atoms with E-state index < -0.39 is 22.0 Å². The lowest BCUT2D eigenvalue weighted by Crippen LogP contribution is -2.41. The summed E-state index contributed by atoms with van der Waals surface area (Å²) in [7, 11) is -3.97. The molecule has 1 heterocycles. The molecule has 0 aliphatic carbocycles. The van der Waals surface area contributed by atoms with Crippen molar-refractivity contribution in [2.45, 2.75) is 31.2 Å². The summed E-state index contributed by atoms with van der Waals surface area (Å²) in [5, 5.41) is 9.80. The first-order chi connectivity index (χ1) is 9.81. The molecule has 0 saturated carbocycles. The van der Waals surface area contributed by atoms with E-state index >= 15 is 0 Å². The standard InChI is InChI=1S/C14H17NO5S/c1-9(2)8-11(14(16)17)15-21(18,19)12-5-3-4-10-6-7-20-13(10)12/h3-7,9,11,15H,8H2,1-2H3,(H,16,17). The molecule has 2 N–H and O–H groups in total. The third-order valence-electron chi connectivity index (χ3n) is 3.03. The minimum atomic E-state index is -3.97. The van der Waals surface area contributed by atoms with Gasteiger partial charge in [-0.05, 0) is 24.5 Å². The molecular formula is C14H17NO5S. The number of nitrogens with one attached hydrogen (secondary N) is 1. The Labute approximate surface area is 122 Å². The van der Waals surface area contributed by atoms with Crippen molar-refractivity contribution >= 4 is 27.0 Å². The van der Waals surface area contributed by atoms with E-state index in [1.807, 2.05) is 13.8 Å².